The van der Waals surface area contributed by atoms with E-state index in [1.807, 2.05) is 30.5 Å². The molecule has 1 amide bonds. The first-order valence-electron chi connectivity index (χ1n) is 8.02. The van der Waals surface area contributed by atoms with Crippen LogP contribution in [-0.4, -0.2) is 15.7 Å². The van der Waals surface area contributed by atoms with Gasteiger partial charge in [0, 0.05) is 42.5 Å². The Bertz CT molecular complexity index is 658. The van der Waals surface area contributed by atoms with Gasteiger partial charge in [-0.05, 0) is 45.4 Å². The Morgan fingerprint density at radius 3 is 2.39 bits per heavy atom. The van der Waals surface area contributed by atoms with Gasteiger partial charge < -0.3 is 10.6 Å². The summed E-state index contributed by atoms with van der Waals surface area (Å²) < 4.78 is 2.05. The number of amides is 1. The Balaban J connectivity index is 1.96. The first kappa shape index (κ1) is 17.2. The van der Waals surface area contributed by atoms with Crippen molar-refractivity contribution in [3.8, 4) is 0 Å². The smallest absolute Gasteiger partial charge is 0.221 e. The predicted octanol–water partition coefficient (Wildman–Crippen LogP) is 3.58. The molecule has 0 fully saturated rings. The molecule has 0 saturated carbocycles. The normalized spacial score (nSPS) is 12.4. The summed E-state index contributed by atoms with van der Waals surface area (Å²) in [5, 5.41) is 10.8. The number of benzene rings is 1. The van der Waals surface area contributed by atoms with Crippen LogP contribution in [0.1, 0.15) is 56.6 Å². The van der Waals surface area contributed by atoms with Crippen molar-refractivity contribution in [3.05, 3.63) is 47.3 Å². The van der Waals surface area contributed by atoms with E-state index in [-0.39, 0.29) is 11.9 Å². The molecular formula is C18H26N4O. The monoisotopic (exact) mass is 314 g/mol. The summed E-state index contributed by atoms with van der Waals surface area (Å²) in [6, 6.07) is 8.50. The van der Waals surface area contributed by atoms with Crippen LogP contribution in [0.5, 0.6) is 0 Å². The van der Waals surface area contributed by atoms with Gasteiger partial charge in [0.05, 0.1) is 6.20 Å². The predicted molar refractivity (Wildman–Crippen MR) is 93.3 cm³/mol. The minimum Gasteiger partial charge on any atom is -0.326 e. The van der Waals surface area contributed by atoms with E-state index in [2.05, 4.69) is 48.1 Å². The fraction of sp³-hybridized carbons (Fsp3) is 0.444. The lowest BCUT2D eigenvalue weighted by atomic mass is 10.1. The van der Waals surface area contributed by atoms with Crippen molar-refractivity contribution >= 4 is 11.6 Å². The quantitative estimate of drug-likeness (QED) is 0.857. The van der Waals surface area contributed by atoms with Crippen LogP contribution in [0.25, 0.3) is 0 Å². The molecule has 0 radical (unpaired) electrons. The molecule has 0 bridgehead atoms. The molecule has 2 rings (SSSR count). The molecule has 2 N–H and O–H groups in total. The Hall–Kier alpha value is -2.14. The molecule has 1 heterocycles. The molecule has 0 unspecified atom stereocenters. The zero-order valence-electron chi connectivity index (χ0n) is 14.6. The fourth-order valence-electron chi connectivity index (χ4n) is 2.67. The van der Waals surface area contributed by atoms with Crippen LogP contribution in [0.3, 0.4) is 0 Å². The summed E-state index contributed by atoms with van der Waals surface area (Å²) in [4.78, 5) is 11.0. The van der Waals surface area contributed by atoms with Gasteiger partial charge in [-0.15, -0.1) is 0 Å². The van der Waals surface area contributed by atoms with Crippen molar-refractivity contribution in [2.75, 3.05) is 5.32 Å². The third kappa shape index (κ3) is 4.42. The van der Waals surface area contributed by atoms with Gasteiger partial charge >= 0.3 is 0 Å². The van der Waals surface area contributed by atoms with Crippen molar-refractivity contribution in [1.82, 2.24) is 15.1 Å². The van der Waals surface area contributed by atoms with Crippen LogP contribution in [0, 0.1) is 6.92 Å². The Morgan fingerprint density at radius 2 is 1.87 bits per heavy atom. The summed E-state index contributed by atoms with van der Waals surface area (Å²) in [6.07, 6.45) is 1.95. The van der Waals surface area contributed by atoms with E-state index in [9.17, 15) is 4.79 Å². The van der Waals surface area contributed by atoms with Gasteiger partial charge in [0.1, 0.15) is 0 Å². The third-order valence-corrected chi connectivity index (χ3v) is 3.92. The molecule has 124 valence electrons. The Morgan fingerprint density at radius 1 is 1.22 bits per heavy atom. The van der Waals surface area contributed by atoms with Gasteiger partial charge in [-0.1, -0.05) is 12.1 Å². The first-order chi connectivity index (χ1) is 10.9. The van der Waals surface area contributed by atoms with Crippen LogP contribution < -0.4 is 10.6 Å². The molecule has 0 aliphatic heterocycles. The maximum absolute atomic E-state index is 11.0. The standard InChI is InChI=1S/C18H26N4O/c1-12(2)22-14(4)18(11-20-22)13(3)19-10-16-6-8-17(9-7-16)21-15(5)23/h6-9,11-13,19H,10H2,1-5H3,(H,21,23)/t13-/m1/s1. The van der Waals surface area contributed by atoms with Gasteiger partial charge in [0.15, 0.2) is 0 Å². The fourth-order valence-corrected chi connectivity index (χ4v) is 2.67. The molecule has 0 spiro atoms. The van der Waals surface area contributed by atoms with Gasteiger partial charge in [-0.2, -0.15) is 5.10 Å². The van der Waals surface area contributed by atoms with Crippen molar-refractivity contribution in [3.63, 3.8) is 0 Å². The zero-order valence-corrected chi connectivity index (χ0v) is 14.6. The maximum atomic E-state index is 11.0. The molecule has 0 saturated heterocycles. The lowest BCUT2D eigenvalue weighted by Gasteiger charge is -2.15. The lowest BCUT2D eigenvalue weighted by Crippen LogP contribution is -2.19. The molecule has 1 aromatic heterocycles. The van der Waals surface area contributed by atoms with E-state index in [0.29, 0.717) is 6.04 Å². The summed E-state index contributed by atoms with van der Waals surface area (Å²) in [5.74, 6) is -0.0536. The number of carbonyl (C=O) groups is 1. The summed E-state index contributed by atoms with van der Waals surface area (Å²) >= 11 is 0. The number of anilines is 1. The third-order valence-electron chi connectivity index (χ3n) is 3.92. The number of hydrogen-bond acceptors (Lipinski definition) is 3. The highest BCUT2D eigenvalue weighted by Gasteiger charge is 2.14. The van der Waals surface area contributed by atoms with E-state index in [4.69, 9.17) is 0 Å². The molecule has 1 atom stereocenters. The molecule has 1 aromatic carbocycles. The second kappa shape index (κ2) is 7.42. The topological polar surface area (TPSA) is 59.0 Å². The average molecular weight is 314 g/mol. The SMILES string of the molecule is CC(=O)Nc1ccc(CN[C@H](C)c2cnn(C(C)C)c2C)cc1. The molecule has 0 aliphatic carbocycles. The van der Waals surface area contributed by atoms with Gasteiger partial charge in [-0.3, -0.25) is 9.48 Å². The van der Waals surface area contributed by atoms with Crippen LogP contribution in [-0.2, 0) is 11.3 Å². The van der Waals surface area contributed by atoms with Crippen molar-refractivity contribution in [2.24, 2.45) is 0 Å². The lowest BCUT2D eigenvalue weighted by molar-refractivity contribution is -0.114. The maximum Gasteiger partial charge on any atom is 0.221 e. The minimum absolute atomic E-state index is 0.0536. The van der Waals surface area contributed by atoms with Crippen molar-refractivity contribution < 1.29 is 4.79 Å². The number of hydrogen-bond donors (Lipinski definition) is 2. The van der Waals surface area contributed by atoms with E-state index in [1.54, 1.807) is 0 Å². The number of carbonyl (C=O) groups excluding carboxylic acids is 1. The largest absolute Gasteiger partial charge is 0.326 e. The number of rotatable bonds is 6. The van der Waals surface area contributed by atoms with Crippen molar-refractivity contribution in [2.45, 2.75) is 53.2 Å². The van der Waals surface area contributed by atoms with E-state index < -0.39 is 0 Å². The van der Waals surface area contributed by atoms with Gasteiger partial charge in [-0.25, -0.2) is 0 Å². The highest BCUT2D eigenvalue weighted by atomic mass is 16.1. The zero-order chi connectivity index (χ0) is 17.0. The Labute approximate surface area is 138 Å². The number of nitrogens with zero attached hydrogens (tertiary/aromatic N) is 2. The molecular weight excluding hydrogens is 288 g/mol. The second-order valence-electron chi connectivity index (χ2n) is 6.20. The van der Waals surface area contributed by atoms with Gasteiger partial charge in [0.2, 0.25) is 5.91 Å². The molecule has 23 heavy (non-hydrogen) atoms. The molecule has 2 aromatic rings. The number of nitrogens with one attached hydrogen (secondary N) is 2. The van der Waals surface area contributed by atoms with Crippen molar-refractivity contribution in [1.29, 1.82) is 0 Å². The first-order valence-corrected chi connectivity index (χ1v) is 8.02. The second-order valence-corrected chi connectivity index (χ2v) is 6.20. The van der Waals surface area contributed by atoms with Crippen LogP contribution >= 0.6 is 0 Å². The van der Waals surface area contributed by atoms with Crippen LogP contribution in [0.4, 0.5) is 5.69 Å². The summed E-state index contributed by atoms with van der Waals surface area (Å²) in [7, 11) is 0. The average Bonchev–Trinajstić information content (AvgIpc) is 2.87. The highest BCUT2D eigenvalue weighted by Crippen LogP contribution is 2.20. The molecule has 5 heteroatoms. The summed E-state index contributed by atoms with van der Waals surface area (Å²) in [5.41, 5.74) is 4.44. The van der Waals surface area contributed by atoms with E-state index in [0.717, 1.165) is 12.2 Å². The highest BCUT2D eigenvalue weighted by molar-refractivity contribution is 5.88. The van der Waals surface area contributed by atoms with Gasteiger partial charge in [0.25, 0.3) is 0 Å². The Kier molecular flexibility index (Phi) is 5.55. The molecule has 5 nitrogen and oxygen atoms in total. The van der Waals surface area contributed by atoms with E-state index >= 15 is 0 Å². The minimum atomic E-state index is -0.0536. The van der Waals surface area contributed by atoms with Crippen LogP contribution in [0.15, 0.2) is 30.5 Å². The number of aromatic nitrogens is 2. The molecule has 0 aliphatic rings. The van der Waals surface area contributed by atoms with E-state index in [1.165, 1.54) is 23.7 Å². The van der Waals surface area contributed by atoms with Crippen LogP contribution in [0.2, 0.25) is 0 Å². The summed E-state index contributed by atoms with van der Waals surface area (Å²) in [6.45, 7) is 10.8.